The van der Waals surface area contributed by atoms with E-state index in [1.54, 1.807) is 0 Å². The highest BCUT2D eigenvalue weighted by Gasteiger charge is 2.37. The molecule has 7 aromatic carbocycles. The Bertz CT molecular complexity index is 2630. The Balaban J connectivity index is 1.17. The summed E-state index contributed by atoms with van der Waals surface area (Å²) in [7, 11) is 0. The molecule has 0 saturated heterocycles. The third kappa shape index (κ3) is 3.48. The van der Waals surface area contributed by atoms with E-state index >= 15 is 0 Å². The predicted octanol–water partition coefficient (Wildman–Crippen LogP) is 12.4. The van der Waals surface area contributed by atoms with E-state index in [4.69, 9.17) is 9.97 Å². The van der Waals surface area contributed by atoms with E-state index in [1.165, 1.54) is 77.5 Å². The molecule has 0 atom stereocenters. The molecule has 236 valence electrons. The van der Waals surface area contributed by atoms with Crippen molar-refractivity contribution in [3.05, 3.63) is 156 Å². The molecule has 2 nitrogen and oxygen atoms in total. The molecule has 1 aromatic heterocycles. The van der Waals surface area contributed by atoms with Gasteiger partial charge in [-0.15, -0.1) is 0 Å². The topological polar surface area (TPSA) is 25.8 Å². The maximum Gasteiger partial charge on any atom is 0.0980 e. The monoisotopic (exact) mass is 638 g/mol. The molecule has 1 heterocycles. The van der Waals surface area contributed by atoms with Crippen molar-refractivity contribution < 1.29 is 0 Å². The Labute approximate surface area is 292 Å². The lowest BCUT2D eigenvalue weighted by Crippen LogP contribution is -2.15. The molecule has 0 radical (unpaired) electrons. The minimum Gasteiger partial charge on any atom is -0.243 e. The summed E-state index contributed by atoms with van der Waals surface area (Å²) in [6, 6.07) is 49.4. The van der Waals surface area contributed by atoms with E-state index < -0.39 is 0 Å². The molecule has 0 N–H and O–H groups in total. The van der Waals surface area contributed by atoms with Crippen LogP contribution in [0.1, 0.15) is 49.9 Å². The molecule has 0 aliphatic heterocycles. The summed E-state index contributed by atoms with van der Waals surface area (Å²) in [5.74, 6) is 0. The summed E-state index contributed by atoms with van der Waals surface area (Å²) in [6.07, 6.45) is 0. The largest absolute Gasteiger partial charge is 0.243 e. The number of nitrogens with zero attached hydrogens (tertiary/aromatic N) is 2. The fraction of sp³-hybridized carbons (Fsp3) is 0.125. The van der Waals surface area contributed by atoms with Crippen LogP contribution in [0.3, 0.4) is 0 Å². The van der Waals surface area contributed by atoms with E-state index in [0.29, 0.717) is 0 Å². The number of hydrogen-bond acceptors (Lipinski definition) is 2. The van der Waals surface area contributed by atoms with Crippen LogP contribution in [-0.2, 0) is 10.8 Å². The fourth-order valence-electron chi connectivity index (χ4n) is 9.46. The lowest BCUT2D eigenvalue weighted by atomic mass is 9.81. The molecular formula is C48H34N2. The zero-order valence-electron chi connectivity index (χ0n) is 28.6. The van der Waals surface area contributed by atoms with Crippen molar-refractivity contribution in [2.24, 2.45) is 0 Å². The van der Waals surface area contributed by atoms with Crippen molar-refractivity contribution in [2.75, 3.05) is 0 Å². The van der Waals surface area contributed by atoms with Crippen molar-refractivity contribution in [3.8, 4) is 67.0 Å². The first-order valence-corrected chi connectivity index (χ1v) is 17.7. The highest BCUT2D eigenvalue weighted by atomic mass is 14.8. The van der Waals surface area contributed by atoms with Gasteiger partial charge in [-0.3, -0.25) is 0 Å². The molecule has 8 aromatic rings. The van der Waals surface area contributed by atoms with Gasteiger partial charge in [-0.1, -0.05) is 149 Å². The molecule has 11 rings (SSSR count). The van der Waals surface area contributed by atoms with Crippen LogP contribution < -0.4 is 0 Å². The van der Waals surface area contributed by atoms with E-state index in [0.717, 1.165) is 33.5 Å². The Hall–Kier alpha value is -5.86. The normalized spacial score (nSPS) is 15.1. The standard InChI is InChI=1S/C48H34N2/c1-47(2)38-17-7-5-13-32(38)34-21-19-28(25-40(34)47)30-23-24-31(29-20-22-35-33-14-6-8-18-39(33)48(3,4)41(35)26-29)44-43(30)49-45-36-15-9-11-27-12-10-16-37(42(27)36)46(45)50-44/h5-26H,1-4H3. The van der Waals surface area contributed by atoms with Gasteiger partial charge in [0.05, 0.1) is 22.4 Å². The third-order valence-corrected chi connectivity index (χ3v) is 12.0. The first-order valence-electron chi connectivity index (χ1n) is 17.7. The second-order valence-electron chi connectivity index (χ2n) is 15.3. The van der Waals surface area contributed by atoms with Crippen LogP contribution >= 0.6 is 0 Å². The quantitative estimate of drug-likeness (QED) is 0.188. The van der Waals surface area contributed by atoms with Crippen molar-refractivity contribution >= 4 is 21.8 Å². The number of hydrogen-bond donors (Lipinski definition) is 0. The Morgan fingerprint density at radius 2 is 0.760 bits per heavy atom. The van der Waals surface area contributed by atoms with Crippen LogP contribution in [-0.4, -0.2) is 9.97 Å². The fourth-order valence-corrected chi connectivity index (χ4v) is 9.46. The molecule has 0 spiro atoms. The zero-order valence-corrected chi connectivity index (χ0v) is 28.6. The first kappa shape index (κ1) is 28.0. The first-order chi connectivity index (χ1) is 24.3. The molecule has 2 heteroatoms. The number of rotatable bonds is 2. The van der Waals surface area contributed by atoms with Crippen LogP contribution in [0.25, 0.3) is 88.8 Å². The second-order valence-corrected chi connectivity index (χ2v) is 15.3. The molecule has 0 bridgehead atoms. The van der Waals surface area contributed by atoms with E-state index in [-0.39, 0.29) is 10.8 Å². The summed E-state index contributed by atoms with van der Waals surface area (Å²) in [5, 5.41) is 2.47. The zero-order chi connectivity index (χ0) is 33.5. The summed E-state index contributed by atoms with van der Waals surface area (Å²) >= 11 is 0. The number of fused-ring (bicyclic) bond motifs is 10. The van der Waals surface area contributed by atoms with Gasteiger partial charge in [0, 0.05) is 38.5 Å². The van der Waals surface area contributed by atoms with E-state index in [9.17, 15) is 0 Å². The van der Waals surface area contributed by atoms with Gasteiger partial charge < -0.3 is 0 Å². The van der Waals surface area contributed by atoms with Crippen LogP contribution in [0, 0.1) is 0 Å². The number of benzene rings is 7. The van der Waals surface area contributed by atoms with Crippen molar-refractivity contribution in [1.29, 1.82) is 0 Å². The lowest BCUT2D eigenvalue weighted by molar-refractivity contribution is 0.660. The molecule has 50 heavy (non-hydrogen) atoms. The van der Waals surface area contributed by atoms with Gasteiger partial charge >= 0.3 is 0 Å². The second kappa shape index (κ2) is 9.43. The summed E-state index contributed by atoms with van der Waals surface area (Å²) in [6.45, 7) is 9.39. The lowest BCUT2D eigenvalue weighted by Gasteiger charge is -2.22. The summed E-state index contributed by atoms with van der Waals surface area (Å²) in [4.78, 5) is 11.2. The van der Waals surface area contributed by atoms with Crippen LogP contribution in [0.15, 0.2) is 133 Å². The van der Waals surface area contributed by atoms with Gasteiger partial charge in [-0.25, -0.2) is 9.97 Å². The molecule has 3 aliphatic rings. The SMILES string of the molecule is CC1(C)c2ccccc2-c2ccc(-c3ccc(-c4ccc5c(c4)C(C)(C)c4ccccc4-5)c4nc5c(nc34)-c3cccc4cccc-5c34)cc21. The highest BCUT2D eigenvalue weighted by Crippen LogP contribution is 2.53. The third-order valence-electron chi connectivity index (χ3n) is 12.0. The van der Waals surface area contributed by atoms with Gasteiger partial charge in [0.2, 0.25) is 0 Å². The minimum atomic E-state index is -0.0866. The molecule has 0 fully saturated rings. The minimum absolute atomic E-state index is 0.0866. The van der Waals surface area contributed by atoms with E-state index in [2.05, 4.69) is 161 Å². The Morgan fingerprint density at radius 3 is 1.24 bits per heavy atom. The summed E-state index contributed by atoms with van der Waals surface area (Å²) in [5.41, 5.74) is 21.4. The highest BCUT2D eigenvalue weighted by molar-refractivity contribution is 6.15. The molecule has 3 aliphatic carbocycles. The van der Waals surface area contributed by atoms with E-state index in [1.807, 2.05) is 0 Å². The molecule has 0 saturated carbocycles. The molecular weight excluding hydrogens is 605 g/mol. The average Bonchev–Trinajstić information content (AvgIpc) is 3.68. The Morgan fingerprint density at radius 1 is 0.360 bits per heavy atom. The molecule has 0 amide bonds. The van der Waals surface area contributed by atoms with Gasteiger partial charge in [0.15, 0.2) is 0 Å². The average molecular weight is 639 g/mol. The van der Waals surface area contributed by atoms with Gasteiger partial charge in [-0.05, 0) is 73.2 Å². The van der Waals surface area contributed by atoms with Crippen LogP contribution in [0.2, 0.25) is 0 Å². The van der Waals surface area contributed by atoms with Crippen LogP contribution in [0.4, 0.5) is 0 Å². The smallest absolute Gasteiger partial charge is 0.0980 e. The predicted molar refractivity (Wildman–Crippen MR) is 207 cm³/mol. The molecule has 0 unspecified atom stereocenters. The maximum atomic E-state index is 5.60. The number of aromatic nitrogens is 2. The van der Waals surface area contributed by atoms with Crippen LogP contribution in [0.5, 0.6) is 0 Å². The van der Waals surface area contributed by atoms with Crippen molar-refractivity contribution in [1.82, 2.24) is 9.97 Å². The van der Waals surface area contributed by atoms with Crippen molar-refractivity contribution in [3.63, 3.8) is 0 Å². The van der Waals surface area contributed by atoms with Crippen molar-refractivity contribution in [2.45, 2.75) is 38.5 Å². The van der Waals surface area contributed by atoms with Gasteiger partial charge in [0.1, 0.15) is 0 Å². The van der Waals surface area contributed by atoms with Gasteiger partial charge in [-0.2, -0.15) is 0 Å². The maximum absolute atomic E-state index is 5.60. The van der Waals surface area contributed by atoms with Gasteiger partial charge in [0.25, 0.3) is 0 Å². The Kier molecular flexibility index (Phi) is 5.28. The summed E-state index contributed by atoms with van der Waals surface area (Å²) < 4.78 is 0.